The SMILES string of the molecule is CCOC(=O)c1sc(-c2ccc(F)cc2)cc1NC(=O)CSc1nnc(-c2ccco2)o1. The second-order valence-corrected chi connectivity index (χ2v) is 8.25. The molecule has 0 saturated carbocycles. The minimum absolute atomic E-state index is 0.0240. The van der Waals surface area contributed by atoms with Crippen LogP contribution in [-0.2, 0) is 9.53 Å². The van der Waals surface area contributed by atoms with E-state index in [4.69, 9.17) is 13.6 Å². The molecule has 32 heavy (non-hydrogen) atoms. The molecular formula is C21H16FN3O5S2. The summed E-state index contributed by atoms with van der Waals surface area (Å²) in [5.41, 5.74) is 1.04. The van der Waals surface area contributed by atoms with Crippen LogP contribution in [0.3, 0.4) is 0 Å². The lowest BCUT2D eigenvalue weighted by molar-refractivity contribution is -0.113. The van der Waals surface area contributed by atoms with Gasteiger partial charge >= 0.3 is 5.97 Å². The number of aromatic nitrogens is 2. The number of carbonyl (C=O) groups is 2. The molecule has 0 spiro atoms. The first-order chi connectivity index (χ1) is 15.5. The molecule has 3 heterocycles. The van der Waals surface area contributed by atoms with Crippen molar-refractivity contribution in [2.24, 2.45) is 0 Å². The third kappa shape index (κ3) is 5.06. The Morgan fingerprint density at radius 2 is 2.03 bits per heavy atom. The van der Waals surface area contributed by atoms with Crippen LogP contribution in [0.25, 0.3) is 22.1 Å². The number of rotatable bonds is 8. The number of thiophene rings is 1. The number of furan rings is 1. The summed E-state index contributed by atoms with van der Waals surface area (Å²) in [6, 6.07) is 10.9. The van der Waals surface area contributed by atoms with E-state index in [-0.39, 0.29) is 40.1 Å². The normalized spacial score (nSPS) is 10.8. The number of esters is 1. The number of hydrogen-bond donors (Lipinski definition) is 1. The van der Waals surface area contributed by atoms with E-state index in [1.54, 1.807) is 37.3 Å². The van der Waals surface area contributed by atoms with Crippen molar-refractivity contribution < 1.29 is 27.6 Å². The smallest absolute Gasteiger partial charge is 0.350 e. The van der Waals surface area contributed by atoms with E-state index in [0.717, 1.165) is 23.1 Å². The van der Waals surface area contributed by atoms with Gasteiger partial charge < -0.3 is 18.9 Å². The molecule has 3 aromatic heterocycles. The van der Waals surface area contributed by atoms with Crippen LogP contribution in [0.4, 0.5) is 10.1 Å². The van der Waals surface area contributed by atoms with E-state index in [0.29, 0.717) is 21.9 Å². The number of amides is 1. The van der Waals surface area contributed by atoms with Crippen molar-refractivity contribution >= 4 is 40.7 Å². The zero-order valence-electron chi connectivity index (χ0n) is 16.7. The maximum atomic E-state index is 13.2. The zero-order chi connectivity index (χ0) is 22.5. The Kier molecular flexibility index (Phi) is 6.66. The number of hydrogen-bond acceptors (Lipinski definition) is 9. The molecule has 8 nitrogen and oxygen atoms in total. The molecule has 0 aliphatic heterocycles. The lowest BCUT2D eigenvalue weighted by Crippen LogP contribution is -2.16. The third-order valence-electron chi connectivity index (χ3n) is 4.06. The molecule has 1 N–H and O–H groups in total. The predicted octanol–water partition coefficient (Wildman–Crippen LogP) is 5.10. The van der Waals surface area contributed by atoms with Crippen molar-refractivity contribution in [3.63, 3.8) is 0 Å². The summed E-state index contributed by atoms with van der Waals surface area (Å²) >= 11 is 2.20. The fourth-order valence-corrected chi connectivity index (χ4v) is 4.25. The zero-order valence-corrected chi connectivity index (χ0v) is 18.3. The summed E-state index contributed by atoms with van der Waals surface area (Å²) in [5, 5.41) is 10.7. The first-order valence-corrected chi connectivity index (χ1v) is 11.2. The number of thioether (sulfide) groups is 1. The minimum Gasteiger partial charge on any atom is -0.462 e. The van der Waals surface area contributed by atoms with Crippen molar-refractivity contribution in [3.8, 4) is 22.1 Å². The molecule has 11 heteroatoms. The summed E-state index contributed by atoms with van der Waals surface area (Å²) in [7, 11) is 0. The van der Waals surface area contributed by atoms with Crippen molar-refractivity contribution in [1.29, 1.82) is 0 Å². The monoisotopic (exact) mass is 473 g/mol. The highest BCUT2D eigenvalue weighted by Gasteiger charge is 2.21. The maximum absolute atomic E-state index is 13.2. The van der Waals surface area contributed by atoms with Crippen molar-refractivity contribution in [2.45, 2.75) is 12.1 Å². The number of halogens is 1. The van der Waals surface area contributed by atoms with Gasteiger partial charge in [-0.1, -0.05) is 23.9 Å². The topological polar surface area (TPSA) is 107 Å². The Balaban J connectivity index is 1.46. The molecule has 0 radical (unpaired) electrons. The van der Waals surface area contributed by atoms with E-state index >= 15 is 0 Å². The molecule has 0 unspecified atom stereocenters. The van der Waals surface area contributed by atoms with Crippen LogP contribution in [-0.4, -0.2) is 34.4 Å². The predicted molar refractivity (Wildman–Crippen MR) is 117 cm³/mol. The van der Waals surface area contributed by atoms with Gasteiger partial charge in [-0.3, -0.25) is 4.79 Å². The molecule has 1 aromatic carbocycles. The summed E-state index contributed by atoms with van der Waals surface area (Å²) in [5.74, 6) is -0.666. The van der Waals surface area contributed by atoms with Crippen molar-refractivity contribution in [3.05, 3.63) is 59.4 Å². The summed E-state index contributed by atoms with van der Waals surface area (Å²) in [4.78, 5) is 25.8. The van der Waals surface area contributed by atoms with Crippen LogP contribution in [0.1, 0.15) is 16.6 Å². The van der Waals surface area contributed by atoms with Gasteiger partial charge in [-0.2, -0.15) is 0 Å². The molecule has 0 bridgehead atoms. The highest BCUT2D eigenvalue weighted by Crippen LogP contribution is 2.35. The number of nitrogens with one attached hydrogen (secondary N) is 1. The second-order valence-electron chi connectivity index (χ2n) is 6.27. The van der Waals surface area contributed by atoms with E-state index < -0.39 is 5.97 Å². The standard InChI is InChI=1S/C21H16FN3O5S2/c1-2-28-20(27)18-14(10-16(32-18)12-5-7-13(22)8-6-12)23-17(26)11-31-21-25-24-19(30-21)15-4-3-9-29-15/h3-10H,2,11H2,1H3,(H,23,26). The fourth-order valence-electron chi connectivity index (χ4n) is 2.67. The maximum Gasteiger partial charge on any atom is 0.350 e. The highest BCUT2D eigenvalue weighted by molar-refractivity contribution is 7.99. The van der Waals surface area contributed by atoms with Gasteiger partial charge in [0.2, 0.25) is 5.91 Å². The van der Waals surface area contributed by atoms with Gasteiger partial charge in [-0.05, 0) is 42.8 Å². The molecule has 0 aliphatic rings. The Morgan fingerprint density at radius 1 is 1.22 bits per heavy atom. The Labute approximate surface area is 189 Å². The lowest BCUT2D eigenvalue weighted by Gasteiger charge is -2.05. The quantitative estimate of drug-likeness (QED) is 0.278. The van der Waals surface area contributed by atoms with E-state index in [1.165, 1.54) is 18.4 Å². The second kappa shape index (κ2) is 9.79. The van der Waals surface area contributed by atoms with Gasteiger partial charge in [0.1, 0.15) is 10.7 Å². The lowest BCUT2D eigenvalue weighted by atomic mass is 10.2. The molecule has 4 aromatic rings. The van der Waals surface area contributed by atoms with Crippen LogP contribution < -0.4 is 5.32 Å². The Hall–Kier alpha value is -3.44. The average Bonchev–Trinajstić information content (AvgIpc) is 3.53. The molecule has 164 valence electrons. The molecule has 0 aliphatic carbocycles. The molecular weight excluding hydrogens is 457 g/mol. The number of nitrogens with zero attached hydrogens (tertiary/aromatic N) is 2. The van der Waals surface area contributed by atoms with Gasteiger partial charge in [0.05, 0.1) is 24.3 Å². The summed E-state index contributed by atoms with van der Waals surface area (Å²) in [6.45, 7) is 1.89. The van der Waals surface area contributed by atoms with Crippen LogP contribution in [0.15, 0.2) is 62.8 Å². The van der Waals surface area contributed by atoms with E-state index in [9.17, 15) is 14.0 Å². The molecule has 0 saturated heterocycles. The number of benzene rings is 1. The Bertz CT molecular complexity index is 1220. The van der Waals surface area contributed by atoms with Gasteiger partial charge in [0, 0.05) is 4.88 Å². The third-order valence-corrected chi connectivity index (χ3v) is 6.04. The molecule has 0 atom stereocenters. The number of ether oxygens (including phenoxy) is 1. The van der Waals surface area contributed by atoms with Gasteiger partial charge in [-0.15, -0.1) is 21.5 Å². The average molecular weight is 474 g/mol. The number of anilines is 1. The fraction of sp³-hybridized carbons (Fsp3) is 0.143. The van der Waals surface area contributed by atoms with E-state index in [1.807, 2.05) is 0 Å². The van der Waals surface area contributed by atoms with Crippen LogP contribution >= 0.6 is 23.1 Å². The molecule has 0 fully saturated rings. The van der Waals surface area contributed by atoms with Crippen LogP contribution in [0.2, 0.25) is 0 Å². The van der Waals surface area contributed by atoms with Crippen LogP contribution in [0.5, 0.6) is 0 Å². The minimum atomic E-state index is -0.547. The largest absolute Gasteiger partial charge is 0.462 e. The summed E-state index contributed by atoms with van der Waals surface area (Å²) in [6.07, 6.45) is 1.49. The number of carbonyl (C=O) groups excluding carboxylic acids is 2. The van der Waals surface area contributed by atoms with Gasteiger partial charge in [0.15, 0.2) is 5.76 Å². The first-order valence-electron chi connectivity index (χ1n) is 9.40. The highest BCUT2D eigenvalue weighted by atomic mass is 32.2. The van der Waals surface area contributed by atoms with Crippen LogP contribution in [0, 0.1) is 5.82 Å². The van der Waals surface area contributed by atoms with Crippen molar-refractivity contribution in [2.75, 3.05) is 17.7 Å². The molecule has 4 rings (SSSR count). The summed E-state index contributed by atoms with van der Waals surface area (Å²) < 4.78 is 29.0. The Morgan fingerprint density at radius 3 is 2.75 bits per heavy atom. The first kappa shape index (κ1) is 21.8. The molecule has 1 amide bonds. The van der Waals surface area contributed by atoms with Gasteiger partial charge in [0.25, 0.3) is 11.1 Å². The van der Waals surface area contributed by atoms with E-state index in [2.05, 4.69) is 15.5 Å². The van der Waals surface area contributed by atoms with Crippen molar-refractivity contribution in [1.82, 2.24) is 10.2 Å². The van der Waals surface area contributed by atoms with Gasteiger partial charge in [-0.25, -0.2) is 9.18 Å².